The Labute approximate surface area is 419 Å². The number of ether oxygens (including phenoxy) is 3. The normalized spacial score (nSPS) is 12.8. The molecule has 0 aromatic carbocycles. The van der Waals surface area contributed by atoms with Gasteiger partial charge in [0.15, 0.2) is 6.10 Å². The van der Waals surface area contributed by atoms with E-state index in [0.717, 1.165) is 122 Å². The number of rotatable bonds is 50. The lowest BCUT2D eigenvalue weighted by atomic mass is 10.0. The van der Waals surface area contributed by atoms with Crippen molar-refractivity contribution in [2.24, 2.45) is 0 Å². The second-order valence-electron chi connectivity index (χ2n) is 18.5. The summed E-state index contributed by atoms with van der Waals surface area (Å²) in [6, 6.07) is 0. The van der Waals surface area contributed by atoms with E-state index in [-0.39, 0.29) is 31.1 Å². The molecule has 0 saturated carbocycles. The van der Waals surface area contributed by atoms with E-state index in [1.165, 1.54) is 96.3 Å². The van der Waals surface area contributed by atoms with Gasteiger partial charge < -0.3 is 14.2 Å². The molecule has 0 aliphatic heterocycles. The highest BCUT2D eigenvalue weighted by Crippen LogP contribution is 2.15. The summed E-state index contributed by atoms with van der Waals surface area (Å²) in [5.74, 6) is -0.952. The molecule has 0 amide bonds. The summed E-state index contributed by atoms with van der Waals surface area (Å²) >= 11 is 0. The third kappa shape index (κ3) is 53.3. The fourth-order valence-electron chi connectivity index (χ4n) is 7.59. The maximum atomic E-state index is 12.8. The highest BCUT2D eigenvalue weighted by atomic mass is 16.6. The first-order valence-corrected chi connectivity index (χ1v) is 28.2. The van der Waals surface area contributed by atoms with E-state index in [0.29, 0.717) is 19.3 Å². The van der Waals surface area contributed by atoms with Crippen LogP contribution in [0.25, 0.3) is 0 Å². The standard InChI is InChI=1S/C62H104O6/c1-4-7-10-13-16-19-22-25-28-29-30-31-32-33-35-37-40-43-46-49-52-55-61(64)67-58-59(57-66-60(63)54-51-48-45-42-39-36-27-24-21-18-15-12-9-6-3)68-62(65)56-53-50-47-44-41-38-34-26-23-20-17-14-11-8-5-2/h7,10,16-17,19-20,25-26,28,30-31,33-35,40,43,59H,4-6,8-9,11-15,18,21-24,27,29,32,36-39,41-42,44-58H2,1-3H3/b10-7-,19-16-,20-17-,28-25-,31-30-,34-26-,35-33-,43-40-. The van der Waals surface area contributed by atoms with Crippen LogP contribution < -0.4 is 0 Å². The molecule has 0 aromatic heterocycles. The van der Waals surface area contributed by atoms with Crippen LogP contribution in [0.15, 0.2) is 97.2 Å². The van der Waals surface area contributed by atoms with Gasteiger partial charge in [0.25, 0.3) is 0 Å². The van der Waals surface area contributed by atoms with E-state index < -0.39 is 6.10 Å². The van der Waals surface area contributed by atoms with Crippen molar-refractivity contribution in [1.82, 2.24) is 0 Å². The fraction of sp³-hybridized carbons (Fsp3) is 0.694. The van der Waals surface area contributed by atoms with Crippen LogP contribution in [0, 0.1) is 0 Å². The Bertz CT molecular complexity index is 1360. The first-order chi connectivity index (χ1) is 33.5. The zero-order valence-corrected chi connectivity index (χ0v) is 44.3. The molecule has 0 aromatic rings. The molecule has 0 aliphatic carbocycles. The number of carbonyl (C=O) groups excluding carboxylic acids is 3. The quantitative estimate of drug-likeness (QED) is 0.0262. The molecule has 0 spiro atoms. The Morgan fingerprint density at radius 3 is 0.956 bits per heavy atom. The Morgan fingerprint density at radius 1 is 0.309 bits per heavy atom. The molecular weight excluding hydrogens is 841 g/mol. The van der Waals surface area contributed by atoms with Crippen LogP contribution in [0.5, 0.6) is 0 Å². The molecule has 6 nitrogen and oxygen atoms in total. The number of esters is 3. The van der Waals surface area contributed by atoms with E-state index in [9.17, 15) is 14.4 Å². The molecule has 0 rings (SSSR count). The predicted molar refractivity (Wildman–Crippen MR) is 293 cm³/mol. The smallest absolute Gasteiger partial charge is 0.306 e. The van der Waals surface area contributed by atoms with Gasteiger partial charge in [-0.05, 0) is 103 Å². The molecule has 388 valence electrons. The molecular formula is C62H104O6. The fourth-order valence-corrected chi connectivity index (χ4v) is 7.59. The van der Waals surface area contributed by atoms with Crippen molar-refractivity contribution < 1.29 is 28.6 Å². The second kappa shape index (κ2) is 55.9. The van der Waals surface area contributed by atoms with Crippen molar-refractivity contribution in [1.29, 1.82) is 0 Å². The van der Waals surface area contributed by atoms with E-state index >= 15 is 0 Å². The Balaban J connectivity index is 4.47. The van der Waals surface area contributed by atoms with Crippen LogP contribution in [0.2, 0.25) is 0 Å². The lowest BCUT2D eigenvalue weighted by Crippen LogP contribution is -2.30. The van der Waals surface area contributed by atoms with Gasteiger partial charge in [0.05, 0.1) is 0 Å². The maximum absolute atomic E-state index is 12.8. The largest absolute Gasteiger partial charge is 0.462 e. The Kier molecular flexibility index (Phi) is 52.9. The average molecular weight is 946 g/mol. The number of carbonyl (C=O) groups is 3. The van der Waals surface area contributed by atoms with Crippen LogP contribution in [-0.2, 0) is 28.6 Å². The highest BCUT2D eigenvalue weighted by Gasteiger charge is 2.19. The second-order valence-corrected chi connectivity index (χ2v) is 18.5. The van der Waals surface area contributed by atoms with Crippen LogP contribution in [0.1, 0.15) is 258 Å². The van der Waals surface area contributed by atoms with Crippen molar-refractivity contribution in [3.8, 4) is 0 Å². The van der Waals surface area contributed by atoms with E-state index in [2.05, 4.69) is 118 Å². The van der Waals surface area contributed by atoms with E-state index in [1.54, 1.807) is 0 Å². The van der Waals surface area contributed by atoms with Crippen LogP contribution in [0.4, 0.5) is 0 Å². The lowest BCUT2D eigenvalue weighted by molar-refractivity contribution is -0.167. The Morgan fingerprint density at radius 2 is 0.574 bits per heavy atom. The van der Waals surface area contributed by atoms with Crippen molar-refractivity contribution >= 4 is 17.9 Å². The first-order valence-electron chi connectivity index (χ1n) is 28.2. The van der Waals surface area contributed by atoms with Crippen molar-refractivity contribution in [3.05, 3.63) is 97.2 Å². The molecule has 0 fully saturated rings. The van der Waals surface area contributed by atoms with Gasteiger partial charge in [-0.1, -0.05) is 234 Å². The minimum absolute atomic E-state index is 0.0959. The van der Waals surface area contributed by atoms with Gasteiger partial charge in [0, 0.05) is 19.3 Å². The zero-order valence-electron chi connectivity index (χ0n) is 44.3. The van der Waals surface area contributed by atoms with Gasteiger partial charge in [0.2, 0.25) is 0 Å². The van der Waals surface area contributed by atoms with E-state index in [1.807, 2.05) is 0 Å². The summed E-state index contributed by atoms with van der Waals surface area (Å²) in [5.41, 5.74) is 0. The van der Waals surface area contributed by atoms with Gasteiger partial charge in [0.1, 0.15) is 13.2 Å². The SMILES string of the molecule is CC/C=C\C/C=C\C/C=C\C/C=C\C/C=C\C/C=C\CCCCC(=O)OCC(COC(=O)CCCCCCCCCCCCCCCC)OC(=O)CCCCCCC/C=C\C/C=C\CCCCC. The summed E-state index contributed by atoms with van der Waals surface area (Å²) in [6.45, 7) is 6.46. The Hall–Kier alpha value is -3.67. The molecule has 0 radical (unpaired) electrons. The highest BCUT2D eigenvalue weighted by molar-refractivity contribution is 5.71. The molecule has 6 heteroatoms. The first kappa shape index (κ1) is 64.3. The number of hydrogen-bond donors (Lipinski definition) is 0. The van der Waals surface area contributed by atoms with Crippen molar-refractivity contribution in [3.63, 3.8) is 0 Å². The topological polar surface area (TPSA) is 78.9 Å². The number of unbranched alkanes of at least 4 members (excludes halogenated alkanes) is 23. The molecule has 0 N–H and O–H groups in total. The summed E-state index contributed by atoms with van der Waals surface area (Å²) < 4.78 is 16.8. The summed E-state index contributed by atoms with van der Waals surface area (Å²) in [5, 5.41) is 0. The monoisotopic (exact) mass is 945 g/mol. The predicted octanol–water partition coefficient (Wildman–Crippen LogP) is 18.9. The van der Waals surface area contributed by atoms with Gasteiger partial charge in [-0.25, -0.2) is 0 Å². The summed E-state index contributed by atoms with van der Waals surface area (Å²) in [6.07, 6.45) is 73.9. The van der Waals surface area contributed by atoms with Crippen LogP contribution in [-0.4, -0.2) is 37.2 Å². The average Bonchev–Trinajstić information content (AvgIpc) is 3.34. The molecule has 0 heterocycles. The van der Waals surface area contributed by atoms with Crippen LogP contribution >= 0.6 is 0 Å². The minimum atomic E-state index is -0.802. The summed E-state index contributed by atoms with van der Waals surface area (Å²) in [4.78, 5) is 38.1. The molecule has 0 bridgehead atoms. The third-order valence-corrected chi connectivity index (χ3v) is 11.8. The van der Waals surface area contributed by atoms with Gasteiger partial charge >= 0.3 is 17.9 Å². The molecule has 0 aliphatic rings. The van der Waals surface area contributed by atoms with Gasteiger partial charge in [-0.15, -0.1) is 0 Å². The van der Waals surface area contributed by atoms with Gasteiger partial charge in [-0.2, -0.15) is 0 Å². The molecule has 68 heavy (non-hydrogen) atoms. The summed E-state index contributed by atoms with van der Waals surface area (Å²) in [7, 11) is 0. The maximum Gasteiger partial charge on any atom is 0.306 e. The molecule has 0 saturated heterocycles. The lowest BCUT2D eigenvalue weighted by Gasteiger charge is -2.18. The van der Waals surface area contributed by atoms with Crippen LogP contribution in [0.3, 0.4) is 0 Å². The zero-order chi connectivity index (χ0) is 49.3. The number of hydrogen-bond acceptors (Lipinski definition) is 6. The van der Waals surface area contributed by atoms with Crippen molar-refractivity contribution in [2.75, 3.05) is 13.2 Å². The molecule has 1 atom stereocenters. The third-order valence-electron chi connectivity index (χ3n) is 11.8. The number of allylic oxidation sites excluding steroid dienone is 16. The minimum Gasteiger partial charge on any atom is -0.462 e. The van der Waals surface area contributed by atoms with E-state index in [4.69, 9.17) is 14.2 Å². The van der Waals surface area contributed by atoms with Crippen molar-refractivity contribution in [2.45, 2.75) is 264 Å². The van der Waals surface area contributed by atoms with Gasteiger partial charge in [-0.3, -0.25) is 14.4 Å². The molecule has 1 unspecified atom stereocenters.